The number of imidazole rings is 1. The number of H-pyrrole nitrogens is 2. The Balaban J connectivity index is 1.12. The number of aliphatic hydroxyl groups is 4. The summed E-state index contributed by atoms with van der Waals surface area (Å²) in [6.45, 7) is 1.38. The summed E-state index contributed by atoms with van der Waals surface area (Å²) in [7, 11) is 3.73. The monoisotopic (exact) mass is 1970 g/mol. The van der Waals surface area contributed by atoms with Gasteiger partial charge in [0.25, 0.3) is 0 Å². The fraction of sp³-hybridized carbons (Fsp3) is 0.516. The number of likely N-dealkylation sites (N-methyl/N-ethyl adjacent to an activating group) is 3. The number of hydrogen-bond donors (Lipinski definition) is 23. The van der Waals surface area contributed by atoms with Crippen molar-refractivity contribution in [2.75, 3.05) is 65.4 Å². The SMILES string of the molecule is CCCC[C@H]1C(=O)N(C)[C@@H](CCCC)C(=O)N[C@@H](CCCNC(=N)N)C(=O)N[C@H](C(=O)NCC(N)=O)CSCC(=O)N[C@@H](Cc2ccc(O)cc2)C(=O)N(C)[C@@H](C)C(=O)N[C@@H](CC(N)=O)C(=O)N2CCC[C@H]2C(=O)N[C@@H](Cc2cnc[nH]2)C(=O)N[C@@H](CC(O)O)C(=O)N2C[C@H](O)C[C@H]2C(=O)N[C@@H](Cc2c[nH]c3ccccc23)C(=O)N[C@@H](CO)C(=O)NC(Cc2cn(CC(=O)O)c3ccccc23)C(=O)N1C. The minimum Gasteiger partial charge on any atom is -0.508 e. The second kappa shape index (κ2) is 51.9. The zero-order valence-corrected chi connectivity index (χ0v) is 79.3. The summed E-state index contributed by atoms with van der Waals surface area (Å²) >= 11 is 0.728. The molecule has 760 valence electrons. The Labute approximate surface area is 808 Å². The van der Waals surface area contributed by atoms with Crippen molar-refractivity contribution in [2.24, 2.45) is 17.2 Å². The highest BCUT2D eigenvalue weighted by Crippen LogP contribution is 2.29. The van der Waals surface area contributed by atoms with Gasteiger partial charge in [0, 0.05) is 131 Å². The summed E-state index contributed by atoms with van der Waals surface area (Å²) in [6.07, 6.45) is -1.54. The number of para-hydroxylation sites is 2. The number of aromatic amines is 2. The van der Waals surface area contributed by atoms with E-state index >= 15 is 33.6 Å². The number of unbranched alkanes of at least 4 members (excludes halogenated alkanes) is 2. The first-order valence-electron chi connectivity index (χ1n) is 46.0. The summed E-state index contributed by atoms with van der Waals surface area (Å²) in [5, 5.41) is 101. The molecule has 3 aliphatic rings. The molecule has 3 aliphatic heterocycles. The normalized spacial score (nSPS) is 24.3. The lowest BCUT2D eigenvalue weighted by Crippen LogP contribution is -2.62. The van der Waals surface area contributed by atoms with Crippen molar-refractivity contribution in [2.45, 2.75) is 233 Å². The molecule has 48 nitrogen and oxygen atoms in total. The topological polar surface area (TPSA) is 728 Å². The number of amides is 17. The van der Waals surface area contributed by atoms with Gasteiger partial charge in [-0.05, 0) is 86.4 Å². The van der Waals surface area contributed by atoms with Crippen LogP contribution in [0, 0.1) is 5.41 Å². The van der Waals surface area contributed by atoms with E-state index in [1.807, 2.05) is 0 Å². The second-order valence-corrected chi connectivity index (χ2v) is 35.9. The summed E-state index contributed by atoms with van der Waals surface area (Å²) in [5.74, 6) is -20.8. The van der Waals surface area contributed by atoms with Crippen molar-refractivity contribution in [1.82, 2.24) is 103 Å². The third-order valence-corrected chi connectivity index (χ3v) is 25.6. The van der Waals surface area contributed by atoms with Crippen LogP contribution in [-0.4, -0.2) is 349 Å². The number of nitrogens with two attached hydrogens (primary N) is 3. The average Bonchev–Trinajstić information content (AvgIpc) is 1.63. The molecular weight excluding hydrogens is 1850 g/mol. The van der Waals surface area contributed by atoms with E-state index in [1.165, 1.54) is 81.8 Å². The zero-order chi connectivity index (χ0) is 102. The number of primary amides is 2. The number of carboxylic acids is 1. The van der Waals surface area contributed by atoms with E-state index in [1.54, 1.807) is 62.4 Å². The van der Waals surface area contributed by atoms with Crippen molar-refractivity contribution < 1.29 is 117 Å². The van der Waals surface area contributed by atoms with Gasteiger partial charge in [-0.1, -0.05) is 88.1 Å². The lowest BCUT2D eigenvalue weighted by Gasteiger charge is -2.36. The fourth-order valence-electron chi connectivity index (χ4n) is 17.0. The maximum absolute atomic E-state index is 15.9. The van der Waals surface area contributed by atoms with Gasteiger partial charge in [-0.3, -0.25) is 91.7 Å². The molecule has 6 aromatic rings. The number of carbonyl (C=O) groups is 18. The standard InChI is InChI=1S/C91H126N24O24S/c1-7-9-21-68-83(132)102-58(20-15-29-97-91(94)95)79(128)109-66(78(127)99-40-73(93)120)45-140-46-74(121)101-61(31-49-25-27-53(117)28-26-49)86(135)110(4)48(3)77(126)105-63(36-72(92)119)88(137)114-30-16-24-69(114)84(133)104-60(34-52-39-96-47-100-52)81(130)107-64(37-75(122)123)89(138)115-42-54(118)35-71(115)85(134)103-59(32-50-38-98-57-19-13-11-17-55(50)57)80(129)108-65(44-116)82(131)106-62(87(136)112(6)70(22-10-8-2)90(139)111(68)5)33-51-41-113(43-76(124)125)67-23-14-12-18-56(51)67/h11-14,17-19,23,25-28,38-39,41,47-48,54,58-66,68-71,75,98,116-118,122-123H,7-10,15-16,20-22,24,29-37,40,42-46H2,1-6H3,(H2,92,119)(H2,93,120)(H,96,100)(H,99,127)(H,101,121)(H,102,132)(H,103,134)(H,104,133)(H,105,126)(H,106,131)(H,107,130)(H,108,129)(H,109,128)(H,124,125)(H4,94,95,97)/t48-,54+,58-,59-,60-,61-,62?,63-,64-,65-,66-,68-,69-,70-,71-/m0/s1. The Morgan fingerprint density at radius 2 is 1.16 bits per heavy atom. The van der Waals surface area contributed by atoms with Crippen molar-refractivity contribution in [1.29, 1.82) is 5.41 Å². The average molecular weight is 1970 g/mol. The number of aromatic nitrogens is 4. The van der Waals surface area contributed by atoms with Crippen LogP contribution in [-0.2, 0) is 119 Å². The number of rotatable bonds is 28. The van der Waals surface area contributed by atoms with Crippen molar-refractivity contribution in [3.05, 3.63) is 120 Å². The summed E-state index contributed by atoms with van der Waals surface area (Å²) < 4.78 is 1.38. The number of hydrogen-bond acceptors (Lipinski definition) is 26. The predicted molar refractivity (Wildman–Crippen MR) is 504 cm³/mol. The van der Waals surface area contributed by atoms with Crippen LogP contribution in [0.1, 0.15) is 127 Å². The number of nitrogens with zero attached hydrogens (tertiary/aromatic N) is 7. The largest absolute Gasteiger partial charge is 0.508 e. The number of phenols is 1. The molecular formula is C91H126N24O24S. The van der Waals surface area contributed by atoms with E-state index in [9.17, 15) is 83.4 Å². The van der Waals surface area contributed by atoms with Crippen LogP contribution >= 0.6 is 11.8 Å². The highest BCUT2D eigenvalue weighted by Gasteiger charge is 2.47. The summed E-state index contributed by atoms with van der Waals surface area (Å²) in [4.78, 5) is 278. The molecule has 49 heteroatoms. The molecule has 17 amide bonds. The number of phenolic OH excluding ortho intramolecular Hbond substituents is 1. The van der Waals surface area contributed by atoms with Crippen LogP contribution in [0.4, 0.5) is 0 Å². The minimum atomic E-state index is -2.39. The van der Waals surface area contributed by atoms with E-state index in [2.05, 4.69) is 73.4 Å². The van der Waals surface area contributed by atoms with Crippen LogP contribution in [0.3, 0.4) is 0 Å². The van der Waals surface area contributed by atoms with Crippen LogP contribution in [0.2, 0.25) is 0 Å². The number of aromatic hydroxyl groups is 1. The number of carbonyl (C=O) groups excluding carboxylic acids is 17. The lowest BCUT2D eigenvalue weighted by atomic mass is 10.00. The lowest BCUT2D eigenvalue weighted by molar-refractivity contribution is -0.149. The van der Waals surface area contributed by atoms with Crippen molar-refractivity contribution in [3.63, 3.8) is 0 Å². The van der Waals surface area contributed by atoms with Gasteiger partial charge in [-0.2, -0.15) is 0 Å². The molecule has 9 rings (SSSR count). The van der Waals surface area contributed by atoms with E-state index in [0.29, 0.717) is 45.8 Å². The smallest absolute Gasteiger partial charge is 0.323 e. The quantitative estimate of drug-likeness (QED) is 0.00942. The molecule has 6 heterocycles. The molecule has 0 spiro atoms. The molecule has 140 heavy (non-hydrogen) atoms. The molecule has 3 fully saturated rings. The van der Waals surface area contributed by atoms with E-state index < -0.39 is 286 Å². The molecule has 3 saturated heterocycles. The Morgan fingerprint density at radius 3 is 1.80 bits per heavy atom. The number of benzene rings is 3. The number of aliphatic carboxylic acids is 1. The van der Waals surface area contributed by atoms with E-state index in [-0.39, 0.29) is 87.9 Å². The first kappa shape index (κ1) is 109. The van der Waals surface area contributed by atoms with Crippen LogP contribution in [0.5, 0.6) is 5.75 Å². The molecule has 0 radical (unpaired) electrons. The number of carboxylic acid groups (broad SMARTS) is 1. The zero-order valence-electron chi connectivity index (χ0n) is 78.5. The van der Waals surface area contributed by atoms with Gasteiger partial charge < -0.3 is 145 Å². The maximum Gasteiger partial charge on any atom is 0.323 e. The van der Waals surface area contributed by atoms with Gasteiger partial charge in [0.2, 0.25) is 100 Å². The van der Waals surface area contributed by atoms with Gasteiger partial charge in [0.15, 0.2) is 12.2 Å². The molecule has 15 atom stereocenters. The number of guanidine groups is 1. The third-order valence-electron chi connectivity index (χ3n) is 24.6. The van der Waals surface area contributed by atoms with Crippen LogP contribution in [0.15, 0.2) is 97.7 Å². The number of nitrogens with one attached hydrogen (secondary N) is 14. The number of thioether (sulfide) groups is 1. The molecule has 0 bridgehead atoms. The highest BCUT2D eigenvalue weighted by atomic mass is 32.2. The molecule has 0 aliphatic carbocycles. The van der Waals surface area contributed by atoms with Gasteiger partial charge in [-0.15, -0.1) is 11.8 Å². The minimum absolute atomic E-state index is 0.00462. The van der Waals surface area contributed by atoms with Crippen molar-refractivity contribution in [3.8, 4) is 5.75 Å². The van der Waals surface area contributed by atoms with Gasteiger partial charge in [-0.25, -0.2) is 4.98 Å². The van der Waals surface area contributed by atoms with Crippen LogP contribution < -0.4 is 75.7 Å². The first-order chi connectivity index (χ1) is 66.6. The molecule has 1 unspecified atom stereocenters. The number of aliphatic hydroxyl groups excluding tert-OH is 3. The Morgan fingerprint density at radius 1 is 0.579 bits per heavy atom. The Hall–Kier alpha value is -14.3. The van der Waals surface area contributed by atoms with E-state index in [4.69, 9.17) is 22.6 Å². The predicted octanol–water partition coefficient (Wildman–Crippen LogP) is -5.72. The van der Waals surface area contributed by atoms with Gasteiger partial charge in [0.05, 0.1) is 37.8 Å². The Kier molecular flexibility index (Phi) is 40.5. The summed E-state index contributed by atoms with van der Waals surface area (Å²) in [6, 6.07) is -5.03. The van der Waals surface area contributed by atoms with Gasteiger partial charge in [0.1, 0.15) is 96.9 Å². The van der Waals surface area contributed by atoms with E-state index in [0.717, 1.165) is 36.3 Å². The molecule has 0 saturated carbocycles. The van der Waals surface area contributed by atoms with Crippen molar-refractivity contribution >= 4 is 146 Å². The summed E-state index contributed by atoms with van der Waals surface area (Å²) in [5.41, 5.74) is 18.9. The highest BCUT2D eigenvalue weighted by molar-refractivity contribution is 8.00. The Bertz CT molecular complexity index is 5450. The molecule has 3 aromatic heterocycles. The maximum atomic E-state index is 15.9. The van der Waals surface area contributed by atoms with Gasteiger partial charge >= 0.3 is 5.97 Å². The second-order valence-electron chi connectivity index (χ2n) is 34.9. The fourth-order valence-corrected chi connectivity index (χ4v) is 17.8. The molecule has 3 aromatic carbocycles. The molecule has 26 N–H and O–H groups in total. The third kappa shape index (κ3) is 30.3. The van der Waals surface area contributed by atoms with Crippen LogP contribution in [0.25, 0.3) is 21.8 Å². The first-order valence-corrected chi connectivity index (χ1v) is 47.1. The number of fused-ring (bicyclic) bond motifs is 4.